The van der Waals surface area contributed by atoms with E-state index in [4.69, 9.17) is 0 Å². The molecular weight excluding hydrogens is 526 g/mol. The van der Waals surface area contributed by atoms with E-state index in [1.54, 1.807) is 0 Å². The van der Waals surface area contributed by atoms with Crippen LogP contribution < -0.4 is 21.3 Å². The van der Waals surface area contributed by atoms with Crippen LogP contribution in [0, 0.1) is 17.3 Å². The van der Waals surface area contributed by atoms with Gasteiger partial charge < -0.3 is 26.2 Å². The maximum absolute atomic E-state index is 13.8. The number of Topliss-reactive ketones (excluding diaryl/α,β-unsaturated/α-hetero) is 2. The van der Waals surface area contributed by atoms with Crippen LogP contribution in [0.4, 0.5) is 4.79 Å². The Balaban J connectivity index is 2.15. The summed E-state index contributed by atoms with van der Waals surface area (Å²) in [6.07, 6.45) is 5.92. The van der Waals surface area contributed by atoms with Crippen molar-refractivity contribution < 1.29 is 28.8 Å². The molecule has 5 amide bonds. The lowest BCUT2D eigenvalue weighted by molar-refractivity contribution is -0.143. The molecule has 4 atom stereocenters. The molecule has 4 unspecified atom stereocenters. The minimum Gasteiger partial charge on any atom is -0.346 e. The van der Waals surface area contributed by atoms with Crippen LogP contribution in [0.1, 0.15) is 86.5 Å². The Hall–Kier alpha value is -3.24. The Morgan fingerprint density at radius 1 is 0.976 bits per heavy atom. The summed E-state index contributed by atoms with van der Waals surface area (Å²) < 4.78 is 0. The van der Waals surface area contributed by atoms with E-state index in [1.807, 2.05) is 41.5 Å². The van der Waals surface area contributed by atoms with Gasteiger partial charge in [0, 0.05) is 19.0 Å². The van der Waals surface area contributed by atoms with Gasteiger partial charge in [0.15, 0.2) is 5.78 Å². The number of likely N-dealkylation sites (tertiary alicyclic amines) is 1. The first-order valence-corrected chi connectivity index (χ1v) is 14.9. The number of nitrogens with one attached hydrogen (secondary N) is 4. The van der Waals surface area contributed by atoms with Crippen molar-refractivity contribution in [2.24, 2.45) is 17.3 Å². The monoisotopic (exact) mass is 575 g/mol. The lowest BCUT2D eigenvalue weighted by Gasteiger charge is -2.36. The van der Waals surface area contributed by atoms with Gasteiger partial charge in [-0.3, -0.25) is 24.0 Å². The summed E-state index contributed by atoms with van der Waals surface area (Å²) >= 11 is 0. The van der Waals surface area contributed by atoms with Crippen molar-refractivity contribution in [2.45, 2.75) is 111 Å². The van der Waals surface area contributed by atoms with Crippen LogP contribution in [0.15, 0.2) is 12.7 Å². The summed E-state index contributed by atoms with van der Waals surface area (Å²) in [5.74, 6) is -2.61. The van der Waals surface area contributed by atoms with Crippen LogP contribution in [-0.4, -0.2) is 77.5 Å². The second-order valence-electron chi connectivity index (χ2n) is 12.6. The van der Waals surface area contributed by atoms with E-state index in [0.29, 0.717) is 25.8 Å². The van der Waals surface area contributed by atoms with Gasteiger partial charge in [-0.25, -0.2) is 4.79 Å². The van der Waals surface area contributed by atoms with Gasteiger partial charge in [0.1, 0.15) is 12.1 Å². The number of carbonyl (C=O) groups excluding carboxylic acids is 6. The van der Waals surface area contributed by atoms with Gasteiger partial charge in [-0.2, -0.15) is 0 Å². The zero-order valence-corrected chi connectivity index (χ0v) is 25.5. The quantitative estimate of drug-likeness (QED) is 0.184. The largest absolute Gasteiger partial charge is 0.346 e. The summed E-state index contributed by atoms with van der Waals surface area (Å²) in [6, 6.07) is -4.09. The van der Waals surface area contributed by atoms with Crippen molar-refractivity contribution in [3.05, 3.63) is 12.7 Å². The Labute approximate surface area is 244 Å². The molecule has 1 aliphatic carbocycles. The number of ketones is 2. The SMILES string of the molecule is C=CCNC(=O)C(=O)C(CCC)NC(=O)C1CCCN1C(=O)C(NC(=O)NC(C(=O)C1CCC1)C(C)C)C(C)(C)C. The lowest BCUT2D eigenvalue weighted by Crippen LogP contribution is -2.61. The fraction of sp³-hybridized carbons (Fsp3) is 0.733. The number of hydrogen-bond donors (Lipinski definition) is 4. The van der Waals surface area contributed by atoms with E-state index in [1.165, 1.54) is 11.0 Å². The van der Waals surface area contributed by atoms with Crippen LogP contribution in [0.3, 0.4) is 0 Å². The molecule has 0 aromatic heterocycles. The fourth-order valence-corrected chi connectivity index (χ4v) is 5.18. The molecule has 1 saturated heterocycles. The number of amides is 5. The zero-order valence-electron chi connectivity index (χ0n) is 25.5. The van der Waals surface area contributed by atoms with Crippen LogP contribution in [0.2, 0.25) is 0 Å². The second-order valence-corrected chi connectivity index (χ2v) is 12.6. The normalized spacial score (nSPS) is 19.4. The third kappa shape index (κ3) is 9.13. The van der Waals surface area contributed by atoms with E-state index < -0.39 is 59.1 Å². The van der Waals surface area contributed by atoms with Gasteiger partial charge in [0.05, 0.1) is 12.1 Å². The number of carbonyl (C=O) groups is 6. The first kappa shape index (κ1) is 34.0. The molecule has 2 fully saturated rings. The average molecular weight is 576 g/mol. The van der Waals surface area contributed by atoms with Gasteiger partial charge in [0.25, 0.3) is 5.91 Å². The summed E-state index contributed by atoms with van der Waals surface area (Å²) in [6.45, 7) is 15.0. The molecule has 1 heterocycles. The van der Waals surface area contributed by atoms with E-state index in [2.05, 4.69) is 27.8 Å². The van der Waals surface area contributed by atoms with E-state index in [-0.39, 0.29) is 30.6 Å². The highest BCUT2D eigenvalue weighted by molar-refractivity contribution is 6.38. The third-order valence-corrected chi connectivity index (χ3v) is 7.84. The van der Waals surface area contributed by atoms with Crippen molar-refractivity contribution in [3.8, 4) is 0 Å². The van der Waals surface area contributed by atoms with Crippen molar-refractivity contribution >= 4 is 35.3 Å². The molecule has 1 saturated carbocycles. The standard InChI is InChI=1S/C30H49N5O6/c1-8-12-20(24(37)27(39)31-16-9-2)32-26(38)21-15-11-17-35(21)28(40)25(30(5,6)7)34-29(41)33-22(18(3)4)23(36)19-13-10-14-19/h9,18-22,25H,2,8,10-17H2,1,3-7H3,(H,31,39)(H,32,38)(H2,33,34,41). The zero-order chi connectivity index (χ0) is 30.9. The lowest BCUT2D eigenvalue weighted by atomic mass is 9.78. The predicted octanol–water partition coefficient (Wildman–Crippen LogP) is 2.24. The molecule has 11 heteroatoms. The molecule has 41 heavy (non-hydrogen) atoms. The Morgan fingerprint density at radius 3 is 2.15 bits per heavy atom. The third-order valence-electron chi connectivity index (χ3n) is 7.84. The summed E-state index contributed by atoms with van der Waals surface area (Å²) in [5.41, 5.74) is -0.701. The van der Waals surface area contributed by atoms with Crippen LogP contribution in [0.25, 0.3) is 0 Å². The molecule has 0 radical (unpaired) electrons. The highest BCUT2D eigenvalue weighted by Gasteiger charge is 2.43. The highest BCUT2D eigenvalue weighted by Crippen LogP contribution is 2.30. The molecule has 0 bridgehead atoms. The summed E-state index contributed by atoms with van der Waals surface area (Å²) in [7, 11) is 0. The highest BCUT2D eigenvalue weighted by atomic mass is 16.2. The number of rotatable bonds is 14. The predicted molar refractivity (Wildman–Crippen MR) is 156 cm³/mol. The first-order valence-electron chi connectivity index (χ1n) is 14.9. The van der Waals surface area contributed by atoms with Gasteiger partial charge in [-0.15, -0.1) is 6.58 Å². The average Bonchev–Trinajstić information content (AvgIpc) is 3.36. The molecule has 0 spiro atoms. The molecule has 2 rings (SSSR count). The summed E-state index contributed by atoms with van der Waals surface area (Å²) in [5, 5.41) is 10.7. The van der Waals surface area contributed by atoms with Crippen LogP contribution in [0.5, 0.6) is 0 Å². The Morgan fingerprint density at radius 2 is 1.63 bits per heavy atom. The van der Waals surface area contributed by atoms with Crippen molar-refractivity contribution in [3.63, 3.8) is 0 Å². The molecular formula is C30H49N5O6. The molecule has 0 aromatic rings. The smallest absolute Gasteiger partial charge is 0.316 e. The van der Waals surface area contributed by atoms with Gasteiger partial charge in [-0.1, -0.05) is 60.5 Å². The van der Waals surface area contributed by atoms with E-state index in [0.717, 1.165) is 19.3 Å². The molecule has 1 aliphatic heterocycles. The first-order chi connectivity index (χ1) is 19.2. The molecule has 230 valence electrons. The molecule has 2 aliphatic rings. The van der Waals surface area contributed by atoms with Crippen molar-refractivity contribution in [1.82, 2.24) is 26.2 Å². The van der Waals surface area contributed by atoms with Crippen LogP contribution >= 0.6 is 0 Å². The van der Waals surface area contributed by atoms with Gasteiger partial charge >= 0.3 is 6.03 Å². The molecule has 4 N–H and O–H groups in total. The maximum Gasteiger partial charge on any atom is 0.316 e. The fourth-order valence-electron chi connectivity index (χ4n) is 5.18. The summed E-state index contributed by atoms with van der Waals surface area (Å²) in [4.78, 5) is 79.5. The molecule has 11 nitrogen and oxygen atoms in total. The maximum atomic E-state index is 13.8. The molecule has 0 aromatic carbocycles. The van der Waals surface area contributed by atoms with Crippen molar-refractivity contribution in [2.75, 3.05) is 13.1 Å². The van der Waals surface area contributed by atoms with Gasteiger partial charge in [-0.05, 0) is 43.4 Å². The van der Waals surface area contributed by atoms with E-state index in [9.17, 15) is 28.8 Å². The van der Waals surface area contributed by atoms with Crippen LogP contribution in [-0.2, 0) is 24.0 Å². The van der Waals surface area contributed by atoms with Crippen molar-refractivity contribution in [1.29, 1.82) is 0 Å². The second kappa shape index (κ2) is 15.1. The van der Waals surface area contributed by atoms with E-state index >= 15 is 0 Å². The van der Waals surface area contributed by atoms with Gasteiger partial charge in [0.2, 0.25) is 17.6 Å². The number of nitrogens with zero attached hydrogens (tertiary/aromatic N) is 1. The number of hydrogen-bond acceptors (Lipinski definition) is 6. The minimum absolute atomic E-state index is 0.0191. The Bertz CT molecular complexity index is 1000. The number of urea groups is 1. The Kier molecular flexibility index (Phi) is 12.5. The minimum atomic E-state index is -1.02. The topological polar surface area (TPSA) is 154 Å².